The van der Waals surface area contributed by atoms with Gasteiger partial charge in [-0.2, -0.15) is 0 Å². The van der Waals surface area contributed by atoms with Gasteiger partial charge in [-0.15, -0.1) is 0 Å². The molecule has 0 aliphatic carbocycles. The fourth-order valence-corrected chi connectivity index (χ4v) is 4.05. The van der Waals surface area contributed by atoms with Gasteiger partial charge in [-0.3, -0.25) is 4.79 Å². The number of ether oxygens (including phenoxy) is 1. The normalized spacial score (nSPS) is 11.1. The lowest BCUT2D eigenvalue weighted by Gasteiger charge is -2.03. The molecule has 4 aromatic rings. The number of anilines is 1. The number of aromatic nitrogens is 1. The number of nitrogens with one attached hydrogen (secondary N) is 1. The second kappa shape index (κ2) is 7.44. The van der Waals surface area contributed by atoms with Crippen molar-refractivity contribution >= 4 is 50.1 Å². The number of carbonyl (C=O) groups excluding carboxylic acids is 2. The van der Waals surface area contributed by atoms with E-state index < -0.39 is 5.97 Å². The molecule has 0 aliphatic heterocycles. The summed E-state index contributed by atoms with van der Waals surface area (Å²) in [5.41, 5.74) is 2.10. The zero-order valence-corrected chi connectivity index (χ0v) is 16.3. The second-order valence-corrected chi connectivity index (χ2v) is 7.30. The van der Waals surface area contributed by atoms with E-state index in [0.717, 1.165) is 38.6 Å². The van der Waals surface area contributed by atoms with E-state index in [2.05, 4.69) is 10.3 Å². The first-order valence-corrected chi connectivity index (χ1v) is 9.70. The number of hydrogen-bond acceptors (Lipinski definition) is 6. The first kappa shape index (κ1) is 18.2. The Morgan fingerprint density at radius 1 is 1.21 bits per heavy atom. The summed E-state index contributed by atoms with van der Waals surface area (Å²) in [7, 11) is 0. The van der Waals surface area contributed by atoms with E-state index >= 15 is 0 Å². The molecule has 0 radical (unpaired) electrons. The molecule has 4 rings (SSSR count). The molecule has 2 aromatic carbocycles. The molecule has 1 N–H and O–H groups in total. The average Bonchev–Trinajstić information content (AvgIpc) is 3.25. The number of amides is 1. The molecule has 0 atom stereocenters. The van der Waals surface area contributed by atoms with Crippen LogP contribution in [0.4, 0.5) is 5.13 Å². The van der Waals surface area contributed by atoms with Crippen molar-refractivity contribution in [2.45, 2.75) is 20.3 Å². The molecule has 142 valence electrons. The number of rotatable bonds is 5. The van der Waals surface area contributed by atoms with Gasteiger partial charge < -0.3 is 14.5 Å². The van der Waals surface area contributed by atoms with E-state index in [1.165, 1.54) is 0 Å². The number of carbonyl (C=O) groups is 2. The molecule has 0 saturated heterocycles. The summed E-state index contributed by atoms with van der Waals surface area (Å²) in [5, 5.41) is 6.23. The predicted octanol–water partition coefficient (Wildman–Crippen LogP) is 4.71. The van der Waals surface area contributed by atoms with Gasteiger partial charge >= 0.3 is 5.97 Å². The highest BCUT2D eigenvalue weighted by molar-refractivity contribution is 7.17. The Morgan fingerprint density at radius 3 is 2.86 bits per heavy atom. The Morgan fingerprint density at radius 2 is 2.04 bits per heavy atom. The van der Waals surface area contributed by atoms with Crippen molar-refractivity contribution in [3.05, 3.63) is 58.8 Å². The first-order valence-electron chi connectivity index (χ1n) is 8.89. The smallest absolute Gasteiger partial charge is 0.350 e. The lowest BCUT2D eigenvalue weighted by Crippen LogP contribution is -2.14. The summed E-state index contributed by atoms with van der Waals surface area (Å²) in [6.45, 7) is 3.75. The van der Waals surface area contributed by atoms with E-state index in [0.29, 0.717) is 22.3 Å². The van der Waals surface area contributed by atoms with Crippen LogP contribution >= 0.6 is 11.3 Å². The molecule has 6 nitrogen and oxygen atoms in total. The molecular weight excluding hydrogens is 376 g/mol. The van der Waals surface area contributed by atoms with Crippen LogP contribution in [0.2, 0.25) is 0 Å². The van der Waals surface area contributed by atoms with Crippen LogP contribution in [0.25, 0.3) is 21.7 Å². The lowest BCUT2D eigenvalue weighted by atomic mass is 10.0. The Hall–Kier alpha value is -3.19. The summed E-state index contributed by atoms with van der Waals surface area (Å²) in [6.07, 6.45) is 1.77. The van der Waals surface area contributed by atoms with Crippen LogP contribution in [0, 0.1) is 6.92 Å². The number of esters is 1. The quantitative estimate of drug-likeness (QED) is 0.496. The zero-order valence-electron chi connectivity index (χ0n) is 15.4. The van der Waals surface area contributed by atoms with Crippen LogP contribution in [0.1, 0.15) is 27.9 Å². The molecule has 0 spiro atoms. The number of hydrogen-bond donors (Lipinski definition) is 1. The number of fused-ring (bicyclic) bond motifs is 3. The Balaban J connectivity index is 1.57. The topological polar surface area (TPSA) is 81.4 Å². The maximum absolute atomic E-state index is 12.6. The zero-order chi connectivity index (χ0) is 19.7. The molecule has 0 saturated carbocycles. The third-order valence-corrected chi connectivity index (χ3v) is 5.45. The molecule has 0 fully saturated rings. The summed E-state index contributed by atoms with van der Waals surface area (Å²) < 4.78 is 10.6. The van der Waals surface area contributed by atoms with Crippen molar-refractivity contribution in [2.75, 3.05) is 11.9 Å². The largest absolute Gasteiger partial charge is 0.464 e. The van der Waals surface area contributed by atoms with Gasteiger partial charge in [-0.25, -0.2) is 9.78 Å². The summed E-state index contributed by atoms with van der Waals surface area (Å²) >= 11 is 1.11. The molecule has 2 heterocycles. The van der Waals surface area contributed by atoms with Crippen molar-refractivity contribution in [1.29, 1.82) is 0 Å². The van der Waals surface area contributed by atoms with Crippen molar-refractivity contribution in [2.24, 2.45) is 0 Å². The van der Waals surface area contributed by atoms with Gasteiger partial charge in [0, 0.05) is 10.9 Å². The van der Waals surface area contributed by atoms with Gasteiger partial charge in [-0.1, -0.05) is 41.7 Å². The minimum absolute atomic E-state index is 0.147. The molecule has 7 heteroatoms. The second-order valence-electron chi connectivity index (χ2n) is 6.30. The van der Waals surface area contributed by atoms with Crippen molar-refractivity contribution in [1.82, 2.24) is 4.98 Å². The fourth-order valence-electron chi connectivity index (χ4n) is 3.18. The minimum Gasteiger partial charge on any atom is -0.464 e. The van der Waals surface area contributed by atoms with E-state index in [-0.39, 0.29) is 12.3 Å². The van der Waals surface area contributed by atoms with Crippen LogP contribution in [0.5, 0.6) is 0 Å². The van der Waals surface area contributed by atoms with E-state index in [4.69, 9.17) is 9.15 Å². The molecular formula is C21H18N2O4S. The Bertz CT molecular complexity index is 1190. The monoisotopic (exact) mass is 394 g/mol. The Labute approximate surface area is 165 Å². The molecule has 0 unspecified atom stereocenters. The van der Waals surface area contributed by atoms with Crippen LogP contribution < -0.4 is 5.32 Å². The van der Waals surface area contributed by atoms with Gasteiger partial charge in [0.15, 0.2) is 5.13 Å². The SMILES string of the molecule is CCOC(=O)c1sc(NC(=O)Cc2coc3ccc4ccccc4c23)nc1C. The van der Waals surface area contributed by atoms with E-state index in [1.54, 1.807) is 20.1 Å². The summed E-state index contributed by atoms with van der Waals surface area (Å²) in [4.78, 5) is 29.1. The highest BCUT2D eigenvalue weighted by Gasteiger charge is 2.19. The fraction of sp³-hybridized carbons (Fsp3) is 0.190. The maximum atomic E-state index is 12.6. The number of benzene rings is 2. The summed E-state index contributed by atoms with van der Waals surface area (Å²) in [5.74, 6) is -0.648. The number of thiazole rings is 1. The molecule has 1 amide bonds. The molecule has 2 aromatic heterocycles. The maximum Gasteiger partial charge on any atom is 0.350 e. The standard InChI is InChI=1S/C21H18N2O4S/c1-3-26-20(25)19-12(2)22-21(28-19)23-17(24)10-14-11-27-16-9-8-13-6-4-5-7-15(13)18(14)16/h4-9,11H,3,10H2,1-2H3,(H,22,23,24). The van der Waals surface area contributed by atoms with Crippen LogP contribution in [0.3, 0.4) is 0 Å². The number of aryl methyl sites for hydroxylation is 1. The van der Waals surface area contributed by atoms with Crippen molar-refractivity contribution < 1.29 is 18.7 Å². The van der Waals surface area contributed by atoms with Gasteiger partial charge in [-0.05, 0) is 30.7 Å². The molecule has 28 heavy (non-hydrogen) atoms. The highest BCUT2D eigenvalue weighted by atomic mass is 32.1. The third-order valence-electron chi connectivity index (χ3n) is 4.39. The first-order chi connectivity index (χ1) is 13.6. The molecule has 0 aliphatic rings. The number of nitrogens with zero attached hydrogens (tertiary/aromatic N) is 1. The third kappa shape index (κ3) is 3.36. The van der Waals surface area contributed by atoms with Gasteiger partial charge in [0.05, 0.1) is 25.0 Å². The minimum atomic E-state index is -0.426. The highest BCUT2D eigenvalue weighted by Crippen LogP contribution is 2.30. The van der Waals surface area contributed by atoms with Crippen LogP contribution in [-0.2, 0) is 16.0 Å². The predicted molar refractivity (Wildman–Crippen MR) is 109 cm³/mol. The van der Waals surface area contributed by atoms with Gasteiger partial charge in [0.2, 0.25) is 5.91 Å². The van der Waals surface area contributed by atoms with Gasteiger partial charge in [0.25, 0.3) is 0 Å². The summed E-state index contributed by atoms with van der Waals surface area (Å²) in [6, 6.07) is 11.9. The van der Waals surface area contributed by atoms with Crippen molar-refractivity contribution in [3.63, 3.8) is 0 Å². The lowest BCUT2D eigenvalue weighted by molar-refractivity contribution is -0.115. The van der Waals surface area contributed by atoms with Crippen molar-refractivity contribution in [3.8, 4) is 0 Å². The number of furan rings is 1. The van der Waals surface area contributed by atoms with Crippen LogP contribution in [0.15, 0.2) is 47.1 Å². The van der Waals surface area contributed by atoms with E-state index in [9.17, 15) is 9.59 Å². The van der Waals surface area contributed by atoms with E-state index in [1.807, 2.05) is 36.4 Å². The Kier molecular flexibility index (Phi) is 4.83. The molecule has 0 bridgehead atoms. The van der Waals surface area contributed by atoms with Crippen LogP contribution in [-0.4, -0.2) is 23.5 Å². The average molecular weight is 394 g/mol. The van der Waals surface area contributed by atoms with Gasteiger partial charge in [0.1, 0.15) is 10.5 Å².